The zero-order valence-electron chi connectivity index (χ0n) is 11.3. The molecular weight excluding hydrogens is 295 g/mol. The van der Waals surface area contributed by atoms with Gasteiger partial charge in [0.15, 0.2) is 6.33 Å². The molecule has 8 nitrogen and oxygen atoms in total. The van der Waals surface area contributed by atoms with E-state index in [0.717, 1.165) is 0 Å². The molecule has 0 bridgehead atoms. The molecule has 0 amide bonds. The Bertz CT molecular complexity index is 747. The number of carboxylic acid groups (broad SMARTS) is 1. The maximum atomic E-state index is 11.8. The van der Waals surface area contributed by atoms with Crippen LogP contribution in [-0.2, 0) is 25.9 Å². The Morgan fingerprint density at radius 2 is 1.90 bits per heavy atom. The van der Waals surface area contributed by atoms with Gasteiger partial charge in [0.2, 0.25) is 5.52 Å². The molecule has 0 aliphatic rings. The van der Waals surface area contributed by atoms with Crippen molar-refractivity contribution < 1.29 is 27.6 Å². The number of imidazole rings is 1. The summed E-state index contributed by atoms with van der Waals surface area (Å²) in [5.74, 6) is -2.78. The first kappa shape index (κ1) is 16.5. The van der Waals surface area contributed by atoms with Gasteiger partial charge in [-0.1, -0.05) is 4.98 Å². The number of nitrogens with two attached hydrogens (primary N) is 1. The van der Waals surface area contributed by atoms with Crippen molar-refractivity contribution in [3.05, 3.63) is 16.7 Å². The molecule has 0 aromatic carbocycles. The van der Waals surface area contributed by atoms with E-state index in [1.807, 2.05) is 14.1 Å². The maximum Gasteiger partial charge on any atom is 0.430 e. The summed E-state index contributed by atoms with van der Waals surface area (Å²) in [5, 5.41) is 8.78. The van der Waals surface area contributed by atoms with Crippen molar-refractivity contribution in [3.63, 3.8) is 0 Å². The van der Waals surface area contributed by atoms with Crippen molar-refractivity contribution in [2.24, 2.45) is 21.1 Å². The fraction of sp³-hybridized carbons (Fsp3) is 0.400. The lowest BCUT2D eigenvalue weighted by Crippen LogP contribution is -2.37. The number of rotatable bonds is 0. The molecule has 0 unspecified atom stereocenters. The number of nitrogens with zero attached hydrogens (tertiary/aromatic N) is 4. The quantitative estimate of drug-likeness (QED) is 0.565. The fourth-order valence-electron chi connectivity index (χ4n) is 1.52. The first-order chi connectivity index (χ1) is 9.46. The summed E-state index contributed by atoms with van der Waals surface area (Å²) >= 11 is 0. The number of carbonyl (C=O) groups is 1. The van der Waals surface area contributed by atoms with Crippen LogP contribution in [0.15, 0.2) is 11.1 Å². The van der Waals surface area contributed by atoms with Crippen LogP contribution in [0.2, 0.25) is 0 Å². The van der Waals surface area contributed by atoms with E-state index in [1.54, 1.807) is 22.5 Å². The first-order valence-electron chi connectivity index (χ1n) is 5.42. The van der Waals surface area contributed by atoms with Crippen molar-refractivity contribution >= 4 is 23.1 Å². The number of alkyl halides is 3. The predicted molar refractivity (Wildman–Crippen MR) is 62.6 cm³/mol. The third kappa shape index (κ3) is 3.30. The smallest absolute Gasteiger partial charge is 0.430 e. The van der Waals surface area contributed by atoms with Crippen LogP contribution in [0.5, 0.6) is 0 Å². The van der Waals surface area contributed by atoms with E-state index in [2.05, 4.69) is 4.98 Å². The van der Waals surface area contributed by atoms with Gasteiger partial charge in [-0.25, -0.2) is 4.57 Å². The highest BCUT2D eigenvalue weighted by molar-refractivity contribution is 5.70. The normalized spacial score (nSPS) is 11.1. The molecule has 2 rings (SSSR count). The number of carboxylic acids is 1. The minimum absolute atomic E-state index is 0.129. The topological polar surface area (TPSA) is 110 Å². The molecule has 0 aliphatic carbocycles. The number of hydrogen-bond acceptors (Lipinski definition) is 5. The molecule has 0 radical (unpaired) electrons. The van der Waals surface area contributed by atoms with E-state index in [9.17, 15) is 18.0 Å². The number of hydrogen-bond donors (Lipinski definition) is 1. The zero-order valence-corrected chi connectivity index (χ0v) is 11.3. The summed E-state index contributed by atoms with van der Waals surface area (Å²) in [6, 6.07) is 0. The van der Waals surface area contributed by atoms with Crippen LogP contribution in [0.4, 0.5) is 19.1 Å². The van der Waals surface area contributed by atoms with Gasteiger partial charge in [-0.2, -0.15) is 13.2 Å². The van der Waals surface area contributed by atoms with Crippen molar-refractivity contribution in [2.45, 2.75) is 6.18 Å². The highest BCUT2D eigenvalue weighted by atomic mass is 19.4. The van der Waals surface area contributed by atoms with E-state index in [-0.39, 0.29) is 11.5 Å². The van der Waals surface area contributed by atoms with E-state index in [1.165, 1.54) is 4.57 Å². The highest BCUT2D eigenvalue weighted by Crippen LogP contribution is 2.11. The minimum Gasteiger partial charge on any atom is -0.542 e. The maximum absolute atomic E-state index is 11.8. The molecule has 11 heteroatoms. The number of halogens is 3. The summed E-state index contributed by atoms with van der Waals surface area (Å²) in [6.45, 7) is 0. The van der Waals surface area contributed by atoms with Crippen molar-refractivity contribution in [1.29, 1.82) is 0 Å². The lowest BCUT2D eigenvalue weighted by Gasteiger charge is -2.03. The van der Waals surface area contributed by atoms with Gasteiger partial charge in [-0.05, 0) is 0 Å². The molecule has 21 heavy (non-hydrogen) atoms. The molecule has 0 atom stereocenters. The van der Waals surface area contributed by atoms with Crippen molar-refractivity contribution in [2.75, 3.05) is 5.73 Å². The Kier molecular flexibility index (Phi) is 4.25. The molecule has 2 aromatic rings. The van der Waals surface area contributed by atoms with Gasteiger partial charge in [-0.3, -0.25) is 13.9 Å². The van der Waals surface area contributed by atoms with Crippen molar-refractivity contribution in [3.8, 4) is 0 Å². The van der Waals surface area contributed by atoms with Crippen LogP contribution in [0.3, 0.4) is 0 Å². The number of aromatic nitrogens is 4. The molecular formula is C10H12F3N5O3. The number of fused-ring (bicyclic) bond motifs is 1. The van der Waals surface area contributed by atoms with Gasteiger partial charge in [-0.15, -0.1) is 0 Å². The average molecular weight is 307 g/mol. The molecule has 2 N–H and O–H groups in total. The van der Waals surface area contributed by atoms with Gasteiger partial charge >= 0.3 is 17.4 Å². The minimum atomic E-state index is -5.19. The molecule has 0 aliphatic heterocycles. The van der Waals surface area contributed by atoms with Crippen LogP contribution < -0.4 is 21.0 Å². The largest absolute Gasteiger partial charge is 0.542 e. The van der Waals surface area contributed by atoms with E-state index >= 15 is 0 Å². The van der Waals surface area contributed by atoms with E-state index in [4.69, 9.17) is 15.6 Å². The molecule has 0 spiro atoms. The van der Waals surface area contributed by atoms with Gasteiger partial charge < -0.3 is 15.6 Å². The Morgan fingerprint density at radius 1 is 1.43 bits per heavy atom. The summed E-state index contributed by atoms with van der Waals surface area (Å²) in [6.07, 6.45) is -3.40. The summed E-state index contributed by atoms with van der Waals surface area (Å²) in [4.78, 5) is 24.7. The van der Waals surface area contributed by atoms with Crippen LogP contribution in [0.25, 0.3) is 11.2 Å². The number of nitrogen functional groups attached to an aromatic ring is 1. The van der Waals surface area contributed by atoms with Crippen LogP contribution in [0.1, 0.15) is 0 Å². The number of aryl methyl sites for hydroxylation is 2. The number of aliphatic carboxylic acids is 1. The monoisotopic (exact) mass is 307 g/mol. The molecule has 116 valence electrons. The summed E-state index contributed by atoms with van der Waals surface area (Å²) in [7, 11) is 5.24. The Labute approximate surface area is 115 Å². The Hall–Kier alpha value is -2.59. The van der Waals surface area contributed by atoms with Crippen LogP contribution in [-0.4, -0.2) is 26.3 Å². The Balaban J connectivity index is 0.000000270. The molecule has 0 saturated heterocycles. The second-order valence-electron chi connectivity index (χ2n) is 4.13. The lowest BCUT2D eigenvalue weighted by atomic mass is 10.5. The second kappa shape index (κ2) is 5.42. The summed E-state index contributed by atoms with van der Waals surface area (Å²) < 4.78 is 36.4. The number of anilines is 1. The molecule has 0 saturated carbocycles. The number of carbonyl (C=O) groups excluding carboxylic acids is 1. The SMILES string of the molecule is Cn1c(N)nc2c(c1=O)n(C)c[n+]2C.O=C([O-])C(F)(F)F. The third-order valence-corrected chi connectivity index (χ3v) is 2.55. The fourth-order valence-corrected chi connectivity index (χ4v) is 1.52. The second-order valence-corrected chi connectivity index (χ2v) is 4.13. The van der Waals surface area contributed by atoms with Crippen LogP contribution in [0, 0.1) is 0 Å². The summed E-state index contributed by atoms with van der Waals surface area (Å²) in [5.41, 5.74) is 6.63. The lowest BCUT2D eigenvalue weighted by molar-refractivity contribution is -0.647. The first-order valence-corrected chi connectivity index (χ1v) is 5.42. The third-order valence-electron chi connectivity index (χ3n) is 2.55. The molecule has 2 aromatic heterocycles. The average Bonchev–Trinajstić information content (AvgIpc) is 2.61. The van der Waals surface area contributed by atoms with E-state index in [0.29, 0.717) is 11.2 Å². The van der Waals surface area contributed by atoms with Gasteiger partial charge in [0.25, 0.3) is 5.95 Å². The zero-order chi connectivity index (χ0) is 16.5. The highest BCUT2D eigenvalue weighted by Gasteiger charge is 2.28. The van der Waals surface area contributed by atoms with Gasteiger partial charge in [0, 0.05) is 7.05 Å². The van der Waals surface area contributed by atoms with E-state index < -0.39 is 12.1 Å². The Morgan fingerprint density at radius 3 is 2.33 bits per heavy atom. The standard InChI is InChI=1S/C8H11N5O.C2HF3O2/c1-11-4-12(2)6-5(11)7(14)13(3)8(9)10-6;3-2(4,5)1(6)7/h4H,1-3H3,(H-,9,10,14);(H,6,7). The molecule has 2 heterocycles. The van der Waals surface area contributed by atoms with Gasteiger partial charge in [0.05, 0.1) is 14.1 Å². The predicted octanol–water partition coefficient (Wildman–Crippen LogP) is -2.02. The molecule has 0 fully saturated rings. The van der Waals surface area contributed by atoms with Crippen LogP contribution >= 0.6 is 0 Å². The van der Waals surface area contributed by atoms with Crippen molar-refractivity contribution in [1.82, 2.24) is 14.1 Å². The van der Waals surface area contributed by atoms with Gasteiger partial charge in [0.1, 0.15) is 5.97 Å².